The monoisotopic (exact) mass is 420 g/mol. The van der Waals surface area contributed by atoms with E-state index in [4.69, 9.17) is 4.42 Å². The zero-order valence-electron chi connectivity index (χ0n) is 16.4. The summed E-state index contributed by atoms with van der Waals surface area (Å²) >= 11 is 1.42. The van der Waals surface area contributed by atoms with E-state index < -0.39 is 0 Å². The van der Waals surface area contributed by atoms with Crippen molar-refractivity contribution in [3.63, 3.8) is 0 Å². The fraction of sp³-hybridized carbons (Fsp3) is 0.227. The van der Waals surface area contributed by atoms with Gasteiger partial charge in [-0.05, 0) is 17.7 Å². The highest BCUT2D eigenvalue weighted by atomic mass is 32.1. The van der Waals surface area contributed by atoms with Crippen molar-refractivity contribution in [2.45, 2.75) is 19.4 Å². The first-order chi connectivity index (χ1) is 14.6. The molecule has 1 aromatic carbocycles. The molecule has 0 fully saturated rings. The van der Waals surface area contributed by atoms with E-state index in [1.54, 1.807) is 6.07 Å². The van der Waals surface area contributed by atoms with Gasteiger partial charge in [-0.3, -0.25) is 14.9 Å². The molecule has 152 valence electrons. The maximum Gasteiger partial charge on any atom is 0.260 e. The Kier molecular flexibility index (Phi) is 4.63. The maximum atomic E-state index is 13.0. The lowest BCUT2D eigenvalue weighted by molar-refractivity contribution is -0.131. The minimum Gasteiger partial charge on any atom is -0.472 e. The van der Waals surface area contributed by atoms with Crippen LogP contribution in [0.2, 0.25) is 0 Å². The number of furan rings is 1. The number of thiazole rings is 1. The van der Waals surface area contributed by atoms with E-state index in [1.807, 2.05) is 30.3 Å². The fourth-order valence-electron chi connectivity index (χ4n) is 3.87. The quantitative estimate of drug-likeness (QED) is 0.547. The first-order valence-corrected chi connectivity index (χ1v) is 10.5. The van der Waals surface area contributed by atoms with Crippen LogP contribution in [-0.2, 0) is 31.2 Å². The number of benzene rings is 1. The summed E-state index contributed by atoms with van der Waals surface area (Å²) in [5, 5.41) is 4.48. The summed E-state index contributed by atoms with van der Waals surface area (Å²) < 4.78 is 7.01. The molecule has 0 saturated carbocycles. The largest absolute Gasteiger partial charge is 0.472 e. The van der Waals surface area contributed by atoms with Gasteiger partial charge in [-0.2, -0.15) is 0 Å². The third-order valence-electron chi connectivity index (χ3n) is 5.41. The summed E-state index contributed by atoms with van der Waals surface area (Å²) in [5.74, 6) is -0.145. The Labute approximate surface area is 176 Å². The molecule has 30 heavy (non-hydrogen) atoms. The van der Waals surface area contributed by atoms with E-state index in [0.29, 0.717) is 36.6 Å². The summed E-state index contributed by atoms with van der Waals surface area (Å²) in [7, 11) is 2.00. The molecule has 5 rings (SSSR count). The molecule has 7 nitrogen and oxygen atoms in total. The van der Waals surface area contributed by atoms with Gasteiger partial charge in [-0.1, -0.05) is 29.5 Å². The molecular formula is C22H20N4O3S. The minimum absolute atomic E-state index is 0.106. The second-order valence-corrected chi connectivity index (χ2v) is 8.46. The molecular weight excluding hydrogens is 400 g/mol. The van der Waals surface area contributed by atoms with Crippen LogP contribution < -0.4 is 5.32 Å². The number of nitrogens with one attached hydrogen (secondary N) is 1. The van der Waals surface area contributed by atoms with E-state index in [9.17, 15) is 9.59 Å². The molecule has 2 amide bonds. The number of aryl methyl sites for hydroxylation is 1. The summed E-state index contributed by atoms with van der Waals surface area (Å²) in [5.41, 5.74) is 3.58. The van der Waals surface area contributed by atoms with Gasteiger partial charge in [0, 0.05) is 42.0 Å². The molecule has 0 spiro atoms. The number of fused-ring (bicyclic) bond motifs is 2. The van der Waals surface area contributed by atoms with Crippen LogP contribution in [-0.4, -0.2) is 32.8 Å². The average Bonchev–Trinajstić information content (AvgIpc) is 3.47. The van der Waals surface area contributed by atoms with Gasteiger partial charge in [0.15, 0.2) is 5.13 Å². The van der Waals surface area contributed by atoms with E-state index in [0.717, 1.165) is 27.0 Å². The third kappa shape index (κ3) is 3.39. The van der Waals surface area contributed by atoms with Crippen molar-refractivity contribution in [1.29, 1.82) is 0 Å². The van der Waals surface area contributed by atoms with Gasteiger partial charge in [0.1, 0.15) is 6.26 Å². The Morgan fingerprint density at radius 2 is 2.13 bits per heavy atom. The number of hydrogen-bond donors (Lipinski definition) is 1. The molecule has 0 radical (unpaired) electrons. The minimum atomic E-state index is -0.251. The van der Waals surface area contributed by atoms with Gasteiger partial charge in [0.2, 0.25) is 5.91 Å². The predicted molar refractivity (Wildman–Crippen MR) is 115 cm³/mol. The van der Waals surface area contributed by atoms with Gasteiger partial charge >= 0.3 is 0 Å². The van der Waals surface area contributed by atoms with Crippen molar-refractivity contribution in [2.24, 2.45) is 7.05 Å². The van der Waals surface area contributed by atoms with Crippen molar-refractivity contribution in [3.8, 4) is 0 Å². The number of nitrogens with zero attached hydrogens (tertiary/aromatic N) is 3. The second-order valence-electron chi connectivity index (χ2n) is 7.38. The van der Waals surface area contributed by atoms with Gasteiger partial charge in [-0.15, -0.1) is 0 Å². The van der Waals surface area contributed by atoms with Crippen LogP contribution in [0.5, 0.6) is 0 Å². The molecule has 0 saturated heterocycles. The molecule has 0 aliphatic carbocycles. The molecule has 0 atom stereocenters. The lowest BCUT2D eigenvalue weighted by Gasteiger charge is -2.26. The summed E-state index contributed by atoms with van der Waals surface area (Å²) in [6, 6.07) is 9.74. The second kappa shape index (κ2) is 7.46. The highest BCUT2D eigenvalue weighted by Crippen LogP contribution is 2.29. The van der Waals surface area contributed by atoms with E-state index in [2.05, 4.69) is 27.0 Å². The molecule has 3 aromatic heterocycles. The van der Waals surface area contributed by atoms with Gasteiger partial charge in [0.25, 0.3) is 5.91 Å². The topological polar surface area (TPSA) is 80.4 Å². The summed E-state index contributed by atoms with van der Waals surface area (Å²) in [4.78, 5) is 32.6. The first-order valence-electron chi connectivity index (χ1n) is 9.71. The Morgan fingerprint density at radius 3 is 2.97 bits per heavy atom. The van der Waals surface area contributed by atoms with Crippen molar-refractivity contribution in [3.05, 3.63) is 70.8 Å². The highest BCUT2D eigenvalue weighted by molar-refractivity contribution is 7.15. The van der Waals surface area contributed by atoms with Crippen LogP contribution in [0.25, 0.3) is 10.9 Å². The molecule has 1 N–H and O–H groups in total. The number of para-hydroxylation sites is 1. The lowest BCUT2D eigenvalue weighted by atomic mass is 10.1. The zero-order chi connectivity index (χ0) is 20.7. The number of aromatic nitrogens is 2. The third-order valence-corrected chi connectivity index (χ3v) is 6.41. The molecule has 4 aromatic rings. The van der Waals surface area contributed by atoms with Gasteiger partial charge in [0.05, 0.1) is 30.5 Å². The SMILES string of the molecule is Cn1cc(CC(=O)N2CCc3nc(NC(=O)c4ccoc4)sc3C2)c2ccccc21. The van der Waals surface area contributed by atoms with Crippen LogP contribution in [0, 0.1) is 0 Å². The van der Waals surface area contributed by atoms with Crippen molar-refractivity contribution < 1.29 is 14.0 Å². The smallest absolute Gasteiger partial charge is 0.260 e. The molecule has 1 aliphatic heterocycles. The Hall–Kier alpha value is -3.39. The molecule has 1 aliphatic rings. The van der Waals surface area contributed by atoms with Crippen molar-refractivity contribution in [1.82, 2.24) is 14.5 Å². The fourth-order valence-corrected chi connectivity index (χ4v) is 4.88. The van der Waals surface area contributed by atoms with E-state index in [-0.39, 0.29) is 11.8 Å². The molecule has 8 heteroatoms. The van der Waals surface area contributed by atoms with Crippen LogP contribution in [0.15, 0.2) is 53.5 Å². The maximum absolute atomic E-state index is 13.0. The molecule has 4 heterocycles. The lowest BCUT2D eigenvalue weighted by Crippen LogP contribution is -2.36. The van der Waals surface area contributed by atoms with E-state index >= 15 is 0 Å². The van der Waals surface area contributed by atoms with Crippen LogP contribution >= 0.6 is 11.3 Å². The Morgan fingerprint density at radius 1 is 1.27 bits per heavy atom. The zero-order valence-corrected chi connectivity index (χ0v) is 17.2. The van der Waals surface area contributed by atoms with Crippen LogP contribution in [0.4, 0.5) is 5.13 Å². The predicted octanol–water partition coefficient (Wildman–Crippen LogP) is 3.61. The number of carbonyl (C=O) groups excluding carboxylic acids is 2. The molecule has 0 bridgehead atoms. The number of rotatable bonds is 4. The van der Waals surface area contributed by atoms with Crippen molar-refractivity contribution in [2.75, 3.05) is 11.9 Å². The van der Waals surface area contributed by atoms with Gasteiger partial charge < -0.3 is 13.9 Å². The summed E-state index contributed by atoms with van der Waals surface area (Å²) in [6.07, 6.45) is 5.96. The Balaban J connectivity index is 1.29. The highest BCUT2D eigenvalue weighted by Gasteiger charge is 2.25. The normalized spacial score (nSPS) is 13.4. The van der Waals surface area contributed by atoms with Crippen LogP contribution in [0.1, 0.15) is 26.5 Å². The standard InChI is InChI=1S/C22H20N4O3S/c1-25-11-15(16-4-2-3-5-18(16)25)10-20(27)26-8-6-17-19(12-26)30-22(23-17)24-21(28)14-7-9-29-13-14/h2-5,7,9,11,13H,6,8,10,12H2,1H3,(H,23,24,28). The van der Waals surface area contributed by atoms with Gasteiger partial charge in [-0.25, -0.2) is 4.98 Å². The first kappa shape index (κ1) is 18.6. The molecule has 0 unspecified atom stereocenters. The number of carbonyl (C=O) groups is 2. The number of amides is 2. The van der Waals surface area contributed by atoms with Crippen molar-refractivity contribution >= 4 is 39.2 Å². The number of anilines is 1. The van der Waals surface area contributed by atoms with E-state index in [1.165, 1.54) is 23.9 Å². The number of hydrogen-bond acceptors (Lipinski definition) is 5. The Bertz CT molecular complexity index is 1240. The van der Waals surface area contributed by atoms with Crippen LogP contribution in [0.3, 0.4) is 0 Å². The summed E-state index contributed by atoms with van der Waals surface area (Å²) in [6.45, 7) is 1.16. The average molecular weight is 420 g/mol.